The van der Waals surface area contributed by atoms with Crippen LogP contribution in [-0.2, 0) is 54.1 Å². The Labute approximate surface area is 284 Å². The van der Waals surface area contributed by atoms with Crippen LogP contribution in [0.1, 0.15) is 40.8 Å². The molecule has 276 valence electrons. The number of benzene rings is 1. The van der Waals surface area contributed by atoms with Gasteiger partial charge in [-0.25, -0.2) is 0 Å². The zero-order valence-corrected chi connectivity index (χ0v) is 27.4. The fourth-order valence-corrected chi connectivity index (χ4v) is 3.68. The summed E-state index contributed by atoms with van der Waals surface area (Å²) in [6, 6.07) is 8.06. The molecule has 6 amide bonds. The number of carbonyl (C=O) groups excluding carboxylic acids is 6. The van der Waals surface area contributed by atoms with E-state index < -0.39 is 36.2 Å². The van der Waals surface area contributed by atoms with Crippen molar-refractivity contribution in [2.45, 2.75) is 39.2 Å². The summed E-state index contributed by atoms with van der Waals surface area (Å²) >= 11 is 0. The average Bonchev–Trinajstić information content (AvgIpc) is 3.07. The number of amides is 6. The Kier molecular flexibility index (Phi) is 23.5. The molecule has 16 heteroatoms. The first-order chi connectivity index (χ1) is 22.7. The van der Waals surface area contributed by atoms with Crippen LogP contribution in [0.5, 0.6) is 0 Å². The highest BCUT2D eigenvalue weighted by atomic mass is 16.6. The Morgan fingerprint density at radius 1 is 0.596 bits per heavy atom. The Balaban J connectivity index is -0.000000920. The Morgan fingerprint density at radius 3 is 1.74 bits per heavy atom. The van der Waals surface area contributed by atoms with Crippen molar-refractivity contribution in [3.63, 3.8) is 0 Å². The van der Waals surface area contributed by atoms with E-state index in [0.29, 0.717) is 59.2 Å². The maximum Gasteiger partial charge on any atom is 0.243 e. The zero-order chi connectivity index (χ0) is 34.5. The number of ether oxygens (including phenoxy) is 4. The third-order valence-electron chi connectivity index (χ3n) is 6.10. The second kappa shape index (κ2) is 27.0. The van der Waals surface area contributed by atoms with E-state index in [1.165, 1.54) is 0 Å². The molecule has 6 N–H and O–H groups in total. The number of carbonyl (C=O) groups is 6. The van der Waals surface area contributed by atoms with Crippen molar-refractivity contribution in [2.24, 2.45) is 0 Å². The first-order valence-corrected chi connectivity index (χ1v) is 15.7. The lowest BCUT2D eigenvalue weighted by Crippen LogP contribution is -2.52. The Morgan fingerprint density at radius 2 is 1.13 bits per heavy atom. The van der Waals surface area contributed by atoms with Crippen LogP contribution < -0.4 is 31.9 Å². The number of rotatable bonds is 27. The van der Waals surface area contributed by atoms with E-state index in [4.69, 9.17) is 18.9 Å². The predicted octanol–water partition coefficient (Wildman–Crippen LogP) is -0.343. The first kappa shape index (κ1) is 40.9. The summed E-state index contributed by atoms with van der Waals surface area (Å²) in [6.45, 7) is 6.22. The third-order valence-corrected chi connectivity index (χ3v) is 6.10. The van der Waals surface area contributed by atoms with Gasteiger partial charge in [-0.15, -0.1) is 0 Å². The summed E-state index contributed by atoms with van der Waals surface area (Å²) in [5.74, 6) is -2.51. The van der Waals surface area contributed by atoms with E-state index in [0.717, 1.165) is 5.56 Å². The van der Waals surface area contributed by atoms with Gasteiger partial charge in [0.2, 0.25) is 35.4 Å². The molecule has 1 atom stereocenters. The van der Waals surface area contributed by atoms with Crippen LogP contribution >= 0.6 is 0 Å². The van der Waals surface area contributed by atoms with Crippen molar-refractivity contribution in [1.29, 1.82) is 0 Å². The summed E-state index contributed by atoms with van der Waals surface area (Å²) in [7, 11) is 0. The van der Waals surface area contributed by atoms with Crippen LogP contribution in [0.25, 0.3) is 0 Å². The SMILES string of the molecule is CCNC(=O)CNC(=O)[C@H](Cc1ccccc1)NC(=O)CNC(=O)CNC(=O)CCOCCOCCOCCOCCNC(=O)CC.[HH].[HH].[HH].[HH].[HH].[HH]. The Hall–Kier alpha value is -4.12. The molecule has 0 aromatic heterocycles. The third kappa shape index (κ3) is 22.9. The van der Waals surface area contributed by atoms with Gasteiger partial charge in [-0.3, -0.25) is 28.8 Å². The standard InChI is InChI=1S/C31H50N6O10.6H2/c1-3-26(38)33-11-13-45-15-17-47-19-18-46-16-14-44-12-10-27(39)34-21-29(41)35-23-30(42)37-25(20-24-8-6-5-7-9-24)31(43)36-22-28(40)32-4-2;;;;;;/h5-9,25H,3-4,10-23H2,1-2H3,(H,32,40)(H,33,38)(H,34,39)(H,35,41)(H,36,43)(H,37,42);6*1H/t25-;;;;;;/m0....../s1. The highest BCUT2D eigenvalue weighted by Crippen LogP contribution is 2.03. The van der Waals surface area contributed by atoms with Gasteiger partial charge in [0.25, 0.3) is 0 Å². The molecule has 0 spiro atoms. The minimum atomic E-state index is -0.974. The molecule has 0 unspecified atom stereocenters. The second-order valence-corrected chi connectivity index (χ2v) is 9.94. The van der Waals surface area contributed by atoms with Crippen LogP contribution in [0.15, 0.2) is 30.3 Å². The molecule has 0 aliphatic rings. The quantitative estimate of drug-likeness (QED) is 0.0667. The van der Waals surface area contributed by atoms with Crippen LogP contribution in [0.2, 0.25) is 0 Å². The maximum atomic E-state index is 12.7. The summed E-state index contributed by atoms with van der Waals surface area (Å²) in [4.78, 5) is 72.1. The van der Waals surface area contributed by atoms with E-state index in [2.05, 4.69) is 31.9 Å². The van der Waals surface area contributed by atoms with Gasteiger partial charge in [0.1, 0.15) is 6.04 Å². The number of hydrogen-bond acceptors (Lipinski definition) is 10. The fraction of sp³-hybridized carbons (Fsp3) is 0.613. The van der Waals surface area contributed by atoms with Gasteiger partial charge in [0.05, 0.1) is 72.5 Å². The van der Waals surface area contributed by atoms with Crippen LogP contribution in [0, 0.1) is 0 Å². The first-order valence-electron chi connectivity index (χ1n) is 15.7. The molecule has 0 heterocycles. The number of likely N-dealkylation sites (N-methyl/N-ethyl adjacent to an activating group) is 1. The van der Waals surface area contributed by atoms with Gasteiger partial charge in [-0.1, -0.05) is 37.3 Å². The van der Waals surface area contributed by atoms with Gasteiger partial charge in [0, 0.05) is 40.9 Å². The van der Waals surface area contributed by atoms with Crippen molar-refractivity contribution in [3.05, 3.63) is 35.9 Å². The molecular weight excluding hydrogens is 616 g/mol. The second-order valence-electron chi connectivity index (χ2n) is 9.94. The summed E-state index contributed by atoms with van der Waals surface area (Å²) in [5, 5.41) is 15.2. The molecule has 1 aromatic carbocycles. The highest BCUT2D eigenvalue weighted by Gasteiger charge is 2.22. The van der Waals surface area contributed by atoms with Crippen molar-refractivity contribution < 1.29 is 56.3 Å². The fourth-order valence-electron chi connectivity index (χ4n) is 3.68. The summed E-state index contributed by atoms with van der Waals surface area (Å²) in [6.07, 6.45) is 0.660. The van der Waals surface area contributed by atoms with Crippen LogP contribution in [0.3, 0.4) is 0 Å². The molecule has 47 heavy (non-hydrogen) atoms. The van der Waals surface area contributed by atoms with Gasteiger partial charge >= 0.3 is 0 Å². The minimum absolute atomic E-state index is 0. The van der Waals surface area contributed by atoms with E-state index in [1.54, 1.807) is 38.1 Å². The van der Waals surface area contributed by atoms with Gasteiger partial charge in [-0.2, -0.15) is 0 Å². The van der Waals surface area contributed by atoms with Gasteiger partial charge < -0.3 is 50.8 Å². The van der Waals surface area contributed by atoms with Crippen molar-refractivity contribution in [1.82, 2.24) is 31.9 Å². The van der Waals surface area contributed by atoms with E-state index in [-0.39, 0.29) is 59.5 Å². The van der Waals surface area contributed by atoms with Gasteiger partial charge in [0.15, 0.2) is 0 Å². The smallest absolute Gasteiger partial charge is 0.243 e. The lowest BCUT2D eigenvalue weighted by atomic mass is 10.1. The lowest BCUT2D eigenvalue weighted by molar-refractivity contribution is -0.131. The number of hydrogen-bond donors (Lipinski definition) is 6. The topological polar surface area (TPSA) is 212 Å². The molecule has 0 aliphatic carbocycles. The van der Waals surface area contributed by atoms with Crippen LogP contribution in [0.4, 0.5) is 0 Å². The van der Waals surface area contributed by atoms with Crippen molar-refractivity contribution in [2.75, 3.05) is 85.6 Å². The van der Waals surface area contributed by atoms with E-state index >= 15 is 0 Å². The van der Waals surface area contributed by atoms with Crippen molar-refractivity contribution in [3.8, 4) is 0 Å². The minimum Gasteiger partial charge on any atom is -0.379 e. The Bertz CT molecular complexity index is 1100. The molecule has 0 radical (unpaired) electrons. The molecule has 1 rings (SSSR count). The average molecular weight is 679 g/mol. The van der Waals surface area contributed by atoms with Gasteiger partial charge in [-0.05, 0) is 12.5 Å². The zero-order valence-electron chi connectivity index (χ0n) is 27.4. The molecule has 0 bridgehead atoms. The molecule has 0 aliphatic heterocycles. The molecule has 16 nitrogen and oxygen atoms in total. The molecule has 0 saturated carbocycles. The molecule has 0 saturated heterocycles. The lowest BCUT2D eigenvalue weighted by Gasteiger charge is -2.19. The maximum absolute atomic E-state index is 12.7. The number of nitrogens with one attached hydrogen (secondary N) is 6. The monoisotopic (exact) mass is 678 g/mol. The van der Waals surface area contributed by atoms with E-state index in [9.17, 15) is 28.8 Å². The summed E-state index contributed by atoms with van der Waals surface area (Å²) in [5.41, 5.74) is 0.796. The predicted molar refractivity (Wildman–Crippen MR) is 184 cm³/mol. The molecule has 0 fully saturated rings. The van der Waals surface area contributed by atoms with Crippen LogP contribution in [-0.4, -0.2) is 127 Å². The normalized spacial score (nSPS) is 11.2. The molecule has 1 aromatic rings. The highest BCUT2D eigenvalue weighted by molar-refractivity contribution is 5.92. The van der Waals surface area contributed by atoms with E-state index in [1.807, 2.05) is 6.07 Å². The molecular formula is C31H62N6O10. The largest absolute Gasteiger partial charge is 0.379 e. The van der Waals surface area contributed by atoms with Crippen molar-refractivity contribution >= 4 is 35.4 Å². The summed E-state index contributed by atoms with van der Waals surface area (Å²) < 4.78 is 21.4.